The van der Waals surface area contributed by atoms with Gasteiger partial charge in [0.2, 0.25) is 0 Å². The fourth-order valence-electron chi connectivity index (χ4n) is 2.16. The fourth-order valence-corrected chi connectivity index (χ4v) is 3.05. The third kappa shape index (κ3) is 6.98. The molecule has 0 atom stereocenters. The molecule has 0 aliphatic carbocycles. The molecular formula is C19H25Cl3O4. The Labute approximate surface area is 170 Å². The summed E-state index contributed by atoms with van der Waals surface area (Å²) < 4.78 is 10.5. The summed E-state index contributed by atoms with van der Waals surface area (Å²) in [5.74, 6) is -1.46. The van der Waals surface area contributed by atoms with Crippen molar-refractivity contribution in [2.45, 2.75) is 59.3 Å². The van der Waals surface area contributed by atoms with Crippen LogP contribution in [0.3, 0.4) is 0 Å². The van der Waals surface area contributed by atoms with Crippen LogP contribution < -0.4 is 4.74 Å². The van der Waals surface area contributed by atoms with Crippen molar-refractivity contribution in [2.24, 2.45) is 5.41 Å². The number of carbonyl (C=O) groups is 2. The molecule has 0 heterocycles. The number of unbranched alkanes of at least 4 members (excludes halogenated alkanes) is 5. The zero-order valence-electron chi connectivity index (χ0n) is 15.4. The zero-order valence-corrected chi connectivity index (χ0v) is 17.6. The van der Waals surface area contributed by atoms with E-state index in [2.05, 4.69) is 6.92 Å². The van der Waals surface area contributed by atoms with Gasteiger partial charge in [-0.05, 0) is 32.4 Å². The topological polar surface area (TPSA) is 52.6 Å². The van der Waals surface area contributed by atoms with E-state index in [-0.39, 0.29) is 22.4 Å². The maximum Gasteiger partial charge on any atom is 0.328 e. The number of benzene rings is 1. The highest BCUT2D eigenvalue weighted by Gasteiger charge is 2.40. The first-order valence-corrected chi connectivity index (χ1v) is 9.87. The van der Waals surface area contributed by atoms with Gasteiger partial charge in [0.05, 0.1) is 16.7 Å². The molecule has 7 heteroatoms. The second-order valence-electron chi connectivity index (χ2n) is 6.62. The van der Waals surface area contributed by atoms with E-state index in [1.807, 2.05) is 0 Å². The normalized spacial score (nSPS) is 11.3. The first-order chi connectivity index (χ1) is 12.2. The van der Waals surface area contributed by atoms with Gasteiger partial charge in [0, 0.05) is 5.02 Å². The summed E-state index contributed by atoms with van der Waals surface area (Å²) in [6.07, 6.45) is 6.47. The van der Waals surface area contributed by atoms with Crippen LogP contribution in [-0.4, -0.2) is 18.5 Å². The molecular weight excluding hydrogens is 399 g/mol. The first kappa shape index (κ1) is 23.1. The van der Waals surface area contributed by atoms with Crippen molar-refractivity contribution < 1.29 is 19.1 Å². The Hall–Kier alpha value is -0.970. The lowest BCUT2D eigenvalue weighted by Crippen LogP contribution is -2.38. The molecule has 0 saturated heterocycles. The third-order valence-electron chi connectivity index (χ3n) is 3.91. The number of hydrogen-bond acceptors (Lipinski definition) is 4. The lowest BCUT2D eigenvalue weighted by Gasteiger charge is -2.21. The van der Waals surface area contributed by atoms with Crippen molar-refractivity contribution in [1.29, 1.82) is 0 Å². The Bertz CT molecular complexity index is 606. The van der Waals surface area contributed by atoms with Gasteiger partial charge < -0.3 is 9.47 Å². The Morgan fingerprint density at radius 2 is 1.46 bits per heavy atom. The minimum atomic E-state index is -1.48. The van der Waals surface area contributed by atoms with E-state index in [9.17, 15) is 9.59 Å². The second kappa shape index (κ2) is 11.0. The van der Waals surface area contributed by atoms with Crippen molar-refractivity contribution in [3.63, 3.8) is 0 Å². The number of hydrogen-bond donors (Lipinski definition) is 0. The Balaban J connectivity index is 2.55. The number of carbonyl (C=O) groups excluding carboxylic acids is 2. The van der Waals surface area contributed by atoms with Crippen molar-refractivity contribution in [3.05, 3.63) is 27.2 Å². The summed E-state index contributed by atoms with van der Waals surface area (Å²) in [5.41, 5.74) is -1.48. The molecule has 26 heavy (non-hydrogen) atoms. The zero-order chi connectivity index (χ0) is 19.7. The molecule has 4 nitrogen and oxygen atoms in total. The minimum absolute atomic E-state index is 0.0282. The molecule has 0 saturated carbocycles. The van der Waals surface area contributed by atoms with Crippen LogP contribution in [0.4, 0.5) is 0 Å². The lowest BCUT2D eigenvalue weighted by atomic mass is 9.94. The molecule has 0 aliphatic rings. The van der Waals surface area contributed by atoms with Crippen molar-refractivity contribution in [2.75, 3.05) is 6.61 Å². The molecule has 0 aromatic heterocycles. The van der Waals surface area contributed by atoms with Gasteiger partial charge in [0.1, 0.15) is 0 Å². The molecule has 0 spiro atoms. The van der Waals surface area contributed by atoms with Crippen molar-refractivity contribution in [1.82, 2.24) is 0 Å². The van der Waals surface area contributed by atoms with Crippen molar-refractivity contribution in [3.8, 4) is 5.75 Å². The molecule has 0 aliphatic heterocycles. The van der Waals surface area contributed by atoms with E-state index in [1.54, 1.807) is 0 Å². The van der Waals surface area contributed by atoms with E-state index in [1.165, 1.54) is 45.2 Å². The molecule has 0 radical (unpaired) electrons. The van der Waals surface area contributed by atoms with Crippen LogP contribution in [0.1, 0.15) is 59.3 Å². The molecule has 1 aromatic rings. The molecule has 0 N–H and O–H groups in total. The van der Waals surface area contributed by atoms with E-state index in [0.29, 0.717) is 5.02 Å². The summed E-state index contributed by atoms with van der Waals surface area (Å²) in [6, 6.07) is 2.81. The average molecular weight is 424 g/mol. The molecule has 1 rings (SSSR count). The van der Waals surface area contributed by atoms with Gasteiger partial charge in [0.15, 0.2) is 11.2 Å². The molecule has 0 unspecified atom stereocenters. The average Bonchev–Trinajstić information content (AvgIpc) is 2.56. The highest BCUT2D eigenvalue weighted by Crippen LogP contribution is 2.37. The van der Waals surface area contributed by atoms with E-state index in [4.69, 9.17) is 44.3 Å². The highest BCUT2D eigenvalue weighted by molar-refractivity contribution is 6.40. The van der Waals surface area contributed by atoms with Crippen molar-refractivity contribution >= 4 is 46.7 Å². The van der Waals surface area contributed by atoms with Crippen LogP contribution in [0, 0.1) is 5.41 Å². The van der Waals surface area contributed by atoms with Crippen LogP contribution in [0.5, 0.6) is 5.75 Å². The number of halogens is 3. The quantitative estimate of drug-likeness (QED) is 0.187. The molecule has 1 aromatic carbocycles. The lowest BCUT2D eigenvalue weighted by molar-refractivity contribution is -0.164. The molecule has 0 amide bonds. The Kier molecular flexibility index (Phi) is 9.77. The predicted octanol–water partition coefficient (Wildman–Crippen LogP) is 6.48. The Morgan fingerprint density at radius 3 is 2.04 bits per heavy atom. The number of ether oxygens (including phenoxy) is 2. The highest BCUT2D eigenvalue weighted by atomic mass is 35.5. The van der Waals surface area contributed by atoms with E-state index < -0.39 is 17.4 Å². The first-order valence-electron chi connectivity index (χ1n) is 8.74. The summed E-state index contributed by atoms with van der Waals surface area (Å²) in [5, 5.41) is 0.497. The maximum atomic E-state index is 12.4. The minimum Gasteiger partial charge on any atom is -0.465 e. The largest absolute Gasteiger partial charge is 0.465 e. The van der Waals surface area contributed by atoms with E-state index >= 15 is 0 Å². The molecule has 0 bridgehead atoms. The van der Waals surface area contributed by atoms with Gasteiger partial charge in [-0.3, -0.25) is 9.59 Å². The van der Waals surface area contributed by atoms with Gasteiger partial charge >= 0.3 is 11.9 Å². The van der Waals surface area contributed by atoms with Gasteiger partial charge in [-0.15, -0.1) is 0 Å². The van der Waals surface area contributed by atoms with Crippen LogP contribution in [0.2, 0.25) is 15.1 Å². The van der Waals surface area contributed by atoms with Crippen LogP contribution in [0.25, 0.3) is 0 Å². The number of rotatable bonds is 10. The smallest absolute Gasteiger partial charge is 0.328 e. The summed E-state index contributed by atoms with van der Waals surface area (Å²) >= 11 is 17.8. The predicted molar refractivity (Wildman–Crippen MR) is 105 cm³/mol. The summed E-state index contributed by atoms with van der Waals surface area (Å²) in [7, 11) is 0. The van der Waals surface area contributed by atoms with Gasteiger partial charge in [-0.25, -0.2) is 0 Å². The fraction of sp³-hybridized carbons (Fsp3) is 0.579. The maximum absolute atomic E-state index is 12.4. The van der Waals surface area contributed by atoms with Gasteiger partial charge in [-0.2, -0.15) is 0 Å². The van der Waals surface area contributed by atoms with Gasteiger partial charge in [-0.1, -0.05) is 73.8 Å². The summed E-state index contributed by atoms with van der Waals surface area (Å²) in [4.78, 5) is 24.6. The SMILES string of the molecule is CCCCCCCCOC(=O)C(C)(C)C(=O)Oc1c(Cl)cc(Cl)cc1Cl. The molecule has 146 valence electrons. The standard InChI is InChI=1S/C19H25Cl3O4/c1-4-5-6-7-8-9-10-25-17(23)19(2,3)18(24)26-16-14(21)11-13(20)12-15(16)22/h11-12H,4-10H2,1-3H3. The Morgan fingerprint density at radius 1 is 0.923 bits per heavy atom. The molecule has 0 fully saturated rings. The van der Waals surface area contributed by atoms with Gasteiger partial charge in [0.25, 0.3) is 0 Å². The van der Waals surface area contributed by atoms with Crippen LogP contribution in [0.15, 0.2) is 12.1 Å². The van der Waals surface area contributed by atoms with E-state index in [0.717, 1.165) is 19.3 Å². The monoisotopic (exact) mass is 422 g/mol. The van der Waals surface area contributed by atoms with Crippen LogP contribution >= 0.6 is 34.8 Å². The number of esters is 2. The summed E-state index contributed by atoms with van der Waals surface area (Å²) in [6.45, 7) is 5.32. The second-order valence-corrected chi connectivity index (χ2v) is 7.87. The van der Waals surface area contributed by atoms with Crippen LogP contribution in [-0.2, 0) is 14.3 Å². The third-order valence-corrected chi connectivity index (χ3v) is 4.69.